The Labute approximate surface area is 600 Å². The van der Waals surface area contributed by atoms with E-state index in [2.05, 4.69) is 153 Å². The molecule has 3 heterocycles. The Kier molecular flexibility index (Phi) is 53.9. The molecule has 19 heteroatoms. The summed E-state index contributed by atoms with van der Waals surface area (Å²) in [4.78, 5) is 13.4. The monoisotopic (exact) mass is 1410 g/mol. The van der Waals surface area contributed by atoms with Gasteiger partial charge in [-0.15, -0.1) is 0 Å². The first-order valence-corrected chi connectivity index (χ1v) is 38.1. The summed E-state index contributed by atoms with van der Waals surface area (Å²) in [5, 5.41) is 121. The predicted octanol–water partition coefficient (Wildman–Crippen LogP) is 11.9. The topological polar surface area (TPSA) is 307 Å². The van der Waals surface area contributed by atoms with E-state index < -0.39 is 124 Å². The zero-order valence-corrected chi connectivity index (χ0v) is 60.6. The lowest BCUT2D eigenvalue weighted by atomic mass is 9.96. The molecule has 1 amide bonds. The molecule has 3 rings (SSSR count). The minimum atomic E-state index is -1.99. The molecule has 0 aromatic carbocycles. The number of carbonyl (C=O) groups excluding carboxylic acids is 1. The van der Waals surface area contributed by atoms with Crippen LogP contribution in [0.5, 0.6) is 0 Å². The van der Waals surface area contributed by atoms with Crippen molar-refractivity contribution in [2.24, 2.45) is 0 Å². The number of aliphatic hydroxyl groups excluding tert-OH is 11. The number of ether oxygens (including phenoxy) is 6. The number of rotatable bonds is 57. The van der Waals surface area contributed by atoms with Crippen LogP contribution in [-0.4, -0.2) is 193 Å². The molecule has 3 fully saturated rings. The van der Waals surface area contributed by atoms with E-state index >= 15 is 0 Å². The highest BCUT2D eigenvalue weighted by Crippen LogP contribution is 2.33. The van der Waals surface area contributed by atoms with Crippen molar-refractivity contribution >= 4 is 5.91 Å². The number of allylic oxidation sites excluding steroid dienone is 23. The van der Waals surface area contributed by atoms with Gasteiger partial charge in [0.05, 0.1) is 38.6 Å². The fourth-order valence-corrected chi connectivity index (χ4v) is 11.7. The van der Waals surface area contributed by atoms with Gasteiger partial charge in [-0.1, -0.05) is 250 Å². The number of carbonyl (C=O) groups is 1. The first kappa shape index (κ1) is 89.9. The van der Waals surface area contributed by atoms with Gasteiger partial charge in [-0.2, -0.15) is 0 Å². The second kappa shape index (κ2) is 60.0. The lowest BCUT2D eigenvalue weighted by Gasteiger charge is -2.48. The van der Waals surface area contributed by atoms with Gasteiger partial charge in [0.25, 0.3) is 0 Å². The summed E-state index contributed by atoms with van der Waals surface area (Å²) in [5.74, 6) is -0.307. The third-order valence-electron chi connectivity index (χ3n) is 17.8. The lowest BCUT2D eigenvalue weighted by Crippen LogP contribution is -2.66. The van der Waals surface area contributed by atoms with Gasteiger partial charge in [-0.25, -0.2) is 0 Å². The number of aliphatic hydroxyl groups is 11. The maximum atomic E-state index is 13.4. The largest absolute Gasteiger partial charge is 0.394 e. The first-order chi connectivity index (χ1) is 48.8. The van der Waals surface area contributed by atoms with Crippen LogP contribution in [0.1, 0.15) is 226 Å². The molecule has 17 unspecified atom stereocenters. The van der Waals surface area contributed by atoms with E-state index in [4.69, 9.17) is 28.4 Å². The number of nitrogens with one attached hydrogen (secondary N) is 1. The second-order valence-corrected chi connectivity index (χ2v) is 26.4. The van der Waals surface area contributed by atoms with Crippen LogP contribution in [-0.2, 0) is 33.2 Å². The van der Waals surface area contributed by atoms with Gasteiger partial charge in [0, 0.05) is 6.42 Å². The highest BCUT2D eigenvalue weighted by atomic mass is 16.8. The highest BCUT2D eigenvalue weighted by Gasteiger charge is 2.53. The quantitative estimate of drug-likeness (QED) is 0.0199. The second-order valence-electron chi connectivity index (χ2n) is 26.4. The molecule has 0 aromatic rings. The van der Waals surface area contributed by atoms with E-state index in [1.807, 2.05) is 6.08 Å². The first-order valence-electron chi connectivity index (χ1n) is 38.1. The van der Waals surface area contributed by atoms with Gasteiger partial charge >= 0.3 is 0 Å². The van der Waals surface area contributed by atoms with Crippen molar-refractivity contribution in [3.63, 3.8) is 0 Å². The predicted molar refractivity (Wildman–Crippen MR) is 396 cm³/mol. The molecule has 3 saturated heterocycles. The molecule has 0 spiro atoms. The highest BCUT2D eigenvalue weighted by molar-refractivity contribution is 5.76. The molecular formula is C81H133NO18. The number of hydrogen-bond acceptors (Lipinski definition) is 18. The van der Waals surface area contributed by atoms with Crippen LogP contribution < -0.4 is 5.32 Å². The summed E-state index contributed by atoms with van der Waals surface area (Å²) in [6.07, 6.45) is 59.6. The third-order valence-corrected chi connectivity index (χ3v) is 17.8. The zero-order chi connectivity index (χ0) is 72.5. The molecule has 12 N–H and O–H groups in total. The van der Waals surface area contributed by atoms with Crippen LogP contribution in [0, 0.1) is 0 Å². The number of hydrogen-bond donors (Lipinski definition) is 12. The van der Waals surface area contributed by atoms with Crippen molar-refractivity contribution < 1.29 is 89.4 Å². The van der Waals surface area contributed by atoms with Gasteiger partial charge in [-0.3, -0.25) is 4.79 Å². The minimum absolute atomic E-state index is 0.209. The fraction of sp³-hybridized carbons (Fsp3) is 0.691. The average molecular weight is 1410 g/mol. The van der Waals surface area contributed by atoms with Crippen molar-refractivity contribution in [2.75, 3.05) is 26.4 Å². The Morgan fingerprint density at radius 3 is 1.12 bits per heavy atom. The van der Waals surface area contributed by atoms with Crippen molar-refractivity contribution in [1.82, 2.24) is 5.32 Å². The molecule has 0 radical (unpaired) electrons. The van der Waals surface area contributed by atoms with E-state index in [9.17, 15) is 61.0 Å². The minimum Gasteiger partial charge on any atom is -0.394 e. The van der Waals surface area contributed by atoms with Crippen molar-refractivity contribution in [3.8, 4) is 0 Å². The van der Waals surface area contributed by atoms with Gasteiger partial charge in [0.2, 0.25) is 5.91 Å². The molecule has 0 aliphatic carbocycles. The van der Waals surface area contributed by atoms with Crippen LogP contribution in [0.4, 0.5) is 0 Å². The Hall–Kier alpha value is -4.33. The average Bonchev–Trinajstić information content (AvgIpc) is 0.783. The van der Waals surface area contributed by atoms with Gasteiger partial charge < -0.3 is 89.9 Å². The molecule has 17 atom stereocenters. The van der Waals surface area contributed by atoms with Crippen LogP contribution in [0.15, 0.2) is 146 Å². The summed E-state index contributed by atoms with van der Waals surface area (Å²) in [7, 11) is 0. The molecule has 0 bridgehead atoms. The molecule has 3 aliphatic heterocycles. The molecule has 0 saturated carbocycles. The Balaban J connectivity index is 1.41. The molecule has 100 heavy (non-hydrogen) atoms. The summed E-state index contributed by atoms with van der Waals surface area (Å²) in [6.45, 7) is 1.57. The van der Waals surface area contributed by atoms with E-state index in [1.165, 1.54) is 64.2 Å². The van der Waals surface area contributed by atoms with Crippen molar-refractivity contribution in [3.05, 3.63) is 146 Å². The van der Waals surface area contributed by atoms with E-state index in [0.717, 1.165) is 128 Å². The smallest absolute Gasteiger partial charge is 0.220 e. The molecule has 0 aromatic heterocycles. The Morgan fingerprint density at radius 1 is 0.370 bits per heavy atom. The van der Waals surface area contributed by atoms with Crippen molar-refractivity contribution in [1.29, 1.82) is 0 Å². The molecule has 570 valence electrons. The van der Waals surface area contributed by atoms with Gasteiger partial charge in [0.15, 0.2) is 18.9 Å². The zero-order valence-electron chi connectivity index (χ0n) is 60.6. The molecule has 19 nitrogen and oxygen atoms in total. The van der Waals surface area contributed by atoms with E-state index in [1.54, 1.807) is 6.08 Å². The van der Waals surface area contributed by atoms with E-state index in [-0.39, 0.29) is 18.9 Å². The maximum Gasteiger partial charge on any atom is 0.220 e. The van der Waals surface area contributed by atoms with Gasteiger partial charge in [0.1, 0.15) is 73.2 Å². The third kappa shape index (κ3) is 40.1. The van der Waals surface area contributed by atoms with Crippen molar-refractivity contribution in [2.45, 2.75) is 330 Å². The summed E-state index contributed by atoms with van der Waals surface area (Å²) in [5.41, 5.74) is 0. The summed E-state index contributed by atoms with van der Waals surface area (Å²) in [6, 6.07) is -1.01. The van der Waals surface area contributed by atoms with Gasteiger partial charge in [-0.05, 0) is 116 Å². The summed E-state index contributed by atoms with van der Waals surface area (Å²) >= 11 is 0. The van der Waals surface area contributed by atoms with Crippen LogP contribution >= 0.6 is 0 Å². The number of amides is 1. The van der Waals surface area contributed by atoms with Crippen LogP contribution in [0.2, 0.25) is 0 Å². The van der Waals surface area contributed by atoms with Crippen LogP contribution in [0.25, 0.3) is 0 Å². The van der Waals surface area contributed by atoms with Crippen LogP contribution in [0.3, 0.4) is 0 Å². The van der Waals surface area contributed by atoms with E-state index in [0.29, 0.717) is 12.8 Å². The molecular weight excluding hydrogens is 1270 g/mol. The normalized spacial score (nSPS) is 27.3. The molecule has 3 aliphatic rings. The number of unbranched alkanes of at least 4 members (excludes halogenated alkanes) is 19. The summed E-state index contributed by atoms with van der Waals surface area (Å²) < 4.78 is 34.4. The standard InChI is InChI=1S/C81H133NO18/c1-3-5-7-9-11-13-15-17-19-21-23-25-26-27-28-29-30-31-32-33-34-35-36-37-38-39-41-43-45-47-49-51-53-55-57-59-69(87)82-64(65(86)58-56-54-52-50-48-46-44-42-40-24-22-20-18-16-14-12-10-8-6-4-2)63-95-79-75(93)72(90)77(67(61-84)97-79)100-81-76(94)73(91)78(68(62-85)98-81)99-80-74(92)71(89)70(88)66(60-83)96-80/h5,7,11,13,17,19,23,25,27-28,30-31,33-34,36-37,39-42,48,50,56,58,64-68,70-81,83-86,88-94H,3-4,6,8-10,12,14-16,18,20-22,24,26,29,32,35,38,43-47,49,51-55,57,59-63H2,1-2H3,(H,82,87)/b7-5-,13-11-,19-17-,25-23-,28-27-,31-30-,34-33-,37-36-,41-39-,42-40+,50-48+,58-56+. The Bertz CT molecular complexity index is 2380. The Morgan fingerprint density at radius 2 is 0.700 bits per heavy atom. The SMILES string of the molecule is CC/C=C\C/C=C\C/C=C\C/C=C\C/C=C\C/C=C\C/C=C\C/C=C\C/C=C\CCCCCCCCCC(=O)NC(COC1OC(CO)C(OC2OC(CO)C(OC3OC(CO)C(O)C(O)C3O)C(O)C2O)C(O)C1O)C(O)/C=C/CC/C=C/CC/C=C/CCCCCCCCCCCC. The maximum absolute atomic E-state index is 13.4. The lowest BCUT2D eigenvalue weighted by molar-refractivity contribution is -0.379. The fourth-order valence-electron chi connectivity index (χ4n) is 11.7.